The summed E-state index contributed by atoms with van der Waals surface area (Å²) in [5.74, 6) is 0.127. The summed E-state index contributed by atoms with van der Waals surface area (Å²) in [6.07, 6.45) is 5.97. The summed E-state index contributed by atoms with van der Waals surface area (Å²) in [7, 11) is 0. The van der Waals surface area contributed by atoms with Gasteiger partial charge in [0.25, 0.3) is 0 Å². The van der Waals surface area contributed by atoms with Gasteiger partial charge in [0, 0.05) is 12.8 Å². The molecule has 0 aromatic rings. The van der Waals surface area contributed by atoms with Crippen LogP contribution in [0, 0.1) is 5.41 Å². The fourth-order valence-electron chi connectivity index (χ4n) is 2.08. The predicted molar refractivity (Wildman–Crippen MR) is 55.9 cm³/mol. The van der Waals surface area contributed by atoms with Crippen molar-refractivity contribution < 1.29 is 9.59 Å². The van der Waals surface area contributed by atoms with Crippen LogP contribution in [0.3, 0.4) is 0 Å². The molecule has 0 atom stereocenters. The molecule has 1 fully saturated rings. The standard InChI is InChI=1S/C12H16O2/c1-3-8-12(9-4-2)10(13)6-5-7-11(12)14/h3-4H,1-2,5-9H2. The van der Waals surface area contributed by atoms with Crippen LogP contribution in [0.5, 0.6) is 0 Å². The van der Waals surface area contributed by atoms with E-state index in [4.69, 9.17) is 0 Å². The third-order valence-corrected chi connectivity index (χ3v) is 2.86. The lowest BCUT2D eigenvalue weighted by Crippen LogP contribution is -2.41. The van der Waals surface area contributed by atoms with Crippen molar-refractivity contribution >= 4 is 11.6 Å². The molecule has 0 radical (unpaired) electrons. The molecule has 0 unspecified atom stereocenters. The molecule has 76 valence electrons. The second-order valence-corrected chi connectivity index (χ2v) is 3.77. The zero-order valence-corrected chi connectivity index (χ0v) is 8.42. The Morgan fingerprint density at radius 2 is 1.50 bits per heavy atom. The van der Waals surface area contributed by atoms with Crippen LogP contribution in [0.1, 0.15) is 32.1 Å². The Morgan fingerprint density at radius 3 is 1.86 bits per heavy atom. The van der Waals surface area contributed by atoms with Gasteiger partial charge in [-0.15, -0.1) is 13.2 Å². The first-order valence-electron chi connectivity index (χ1n) is 4.96. The Bertz CT molecular complexity index is 248. The van der Waals surface area contributed by atoms with Gasteiger partial charge in [-0.2, -0.15) is 0 Å². The topological polar surface area (TPSA) is 34.1 Å². The van der Waals surface area contributed by atoms with Crippen molar-refractivity contribution in [2.45, 2.75) is 32.1 Å². The molecule has 0 saturated heterocycles. The Labute approximate surface area is 84.7 Å². The highest BCUT2D eigenvalue weighted by atomic mass is 16.2. The monoisotopic (exact) mass is 192 g/mol. The normalized spacial score (nSPS) is 20.6. The molecule has 0 aliphatic heterocycles. The number of rotatable bonds is 4. The molecule has 0 aromatic carbocycles. The van der Waals surface area contributed by atoms with E-state index >= 15 is 0 Å². The molecule has 0 N–H and O–H groups in total. The average molecular weight is 192 g/mol. The van der Waals surface area contributed by atoms with Crippen LogP contribution < -0.4 is 0 Å². The summed E-state index contributed by atoms with van der Waals surface area (Å²) in [4.78, 5) is 23.6. The van der Waals surface area contributed by atoms with Gasteiger partial charge in [-0.25, -0.2) is 0 Å². The summed E-state index contributed by atoms with van der Waals surface area (Å²) in [6.45, 7) is 7.22. The number of Topliss-reactive ketones (excluding diaryl/α,β-unsaturated/α-hetero) is 2. The third-order valence-electron chi connectivity index (χ3n) is 2.86. The molecule has 0 heterocycles. The van der Waals surface area contributed by atoms with Gasteiger partial charge in [-0.3, -0.25) is 9.59 Å². The van der Waals surface area contributed by atoms with E-state index < -0.39 is 5.41 Å². The Morgan fingerprint density at radius 1 is 1.07 bits per heavy atom. The molecular formula is C12H16O2. The van der Waals surface area contributed by atoms with Crippen LogP contribution in [-0.4, -0.2) is 11.6 Å². The van der Waals surface area contributed by atoms with Crippen LogP contribution in [0.25, 0.3) is 0 Å². The molecule has 0 aromatic heterocycles. The van der Waals surface area contributed by atoms with E-state index in [1.165, 1.54) is 0 Å². The maximum Gasteiger partial charge on any atom is 0.147 e. The average Bonchev–Trinajstić information content (AvgIpc) is 2.15. The highest BCUT2D eigenvalue weighted by Gasteiger charge is 2.44. The van der Waals surface area contributed by atoms with Gasteiger partial charge in [0.05, 0.1) is 5.41 Å². The second-order valence-electron chi connectivity index (χ2n) is 3.77. The maximum absolute atomic E-state index is 11.8. The fraction of sp³-hybridized carbons (Fsp3) is 0.500. The van der Waals surface area contributed by atoms with Crippen molar-refractivity contribution in [1.82, 2.24) is 0 Å². The quantitative estimate of drug-likeness (QED) is 0.506. The summed E-state index contributed by atoms with van der Waals surface area (Å²) < 4.78 is 0. The van der Waals surface area contributed by atoms with Crippen molar-refractivity contribution in [2.24, 2.45) is 5.41 Å². The van der Waals surface area contributed by atoms with Crippen molar-refractivity contribution in [2.75, 3.05) is 0 Å². The predicted octanol–water partition coefficient (Wildman–Crippen LogP) is 2.45. The number of hydrogen-bond acceptors (Lipinski definition) is 2. The van der Waals surface area contributed by atoms with Gasteiger partial charge in [-0.05, 0) is 19.3 Å². The first-order chi connectivity index (χ1) is 6.67. The van der Waals surface area contributed by atoms with Crippen molar-refractivity contribution in [3.8, 4) is 0 Å². The molecule has 1 rings (SSSR count). The highest BCUT2D eigenvalue weighted by Crippen LogP contribution is 2.37. The minimum absolute atomic E-state index is 0.0635. The minimum Gasteiger partial charge on any atom is -0.299 e. The van der Waals surface area contributed by atoms with Crippen molar-refractivity contribution in [1.29, 1.82) is 0 Å². The number of carbonyl (C=O) groups excluding carboxylic acids is 2. The van der Waals surface area contributed by atoms with Gasteiger partial charge in [0.2, 0.25) is 0 Å². The molecule has 14 heavy (non-hydrogen) atoms. The lowest BCUT2D eigenvalue weighted by atomic mass is 9.68. The lowest BCUT2D eigenvalue weighted by molar-refractivity contribution is -0.143. The van der Waals surface area contributed by atoms with Gasteiger partial charge < -0.3 is 0 Å². The van der Waals surface area contributed by atoms with E-state index in [1.54, 1.807) is 12.2 Å². The molecule has 1 saturated carbocycles. The molecular weight excluding hydrogens is 176 g/mol. The lowest BCUT2D eigenvalue weighted by Gasteiger charge is -2.32. The Hall–Kier alpha value is -1.18. The molecule has 0 bridgehead atoms. The Balaban J connectivity index is 3.00. The number of ketones is 2. The molecule has 2 nitrogen and oxygen atoms in total. The first kappa shape index (κ1) is 10.9. The van der Waals surface area contributed by atoms with Crippen molar-refractivity contribution in [3.63, 3.8) is 0 Å². The largest absolute Gasteiger partial charge is 0.299 e. The van der Waals surface area contributed by atoms with Crippen LogP contribution in [0.2, 0.25) is 0 Å². The summed E-state index contributed by atoms with van der Waals surface area (Å²) in [5, 5.41) is 0. The van der Waals surface area contributed by atoms with E-state index in [1.807, 2.05) is 0 Å². The molecule has 2 heteroatoms. The second kappa shape index (κ2) is 4.36. The zero-order valence-electron chi connectivity index (χ0n) is 8.42. The number of carbonyl (C=O) groups is 2. The highest BCUT2D eigenvalue weighted by molar-refractivity contribution is 6.09. The van der Waals surface area contributed by atoms with Crippen LogP contribution in [0.4, 0.5) is 0 Å². The van der Waals surface area contributed by atoms with Crippen LogP contribution >= 0.6 is 0 Å². The van der Waals surface area contributed by atoms with E-state index in [-0.39, 0.29) is 11.6 Å². The number of hydrogen-bond donors (Lipinski definition) is 0. The SMILES string of the molecule is C=CCC1(CC=C)C(=O)CCCC1=O. The third kappa shape index (κ3) is 1.69. The molecule has 1 aliphatic rings. The van der Waals surface area contributed by atoms with E-state index in [0.29, 0.717) is 32.1 Å². The van der Waals surface area contributed by atoms with Gasteiger partial charge in [0.1, 0.15) is 11.6 Å². The first-order valence-corrected chi connectivity index (χ1v) is 4.96. The molecule has 1 aliphatic carbocycles. The summed E-state index contributed by atoms with van der Waals surface area (Å²) in [5.41, 5.74) is -0.818. The minimum atomic E-state index is -0.818. The van der Waals surface area contributed by atoms with Crippen LogP contribution in [-0.2, 0) is 9.59 Å². The maximum atomic E-state index is 11.8. The van der Waals surface area contributed by atoms with E-state index in [0.717, 1.165) is 0 Å². The van der Waals surface area contributed by atoms with Gasteiger partial charge >= 0.3 is 0 Å². The smallest absolute Gasteiger partial charge is 0.147 e. The summed E-state index contributed by atoms with van der Waals surface area (Å²) >= 11 is 0. The van der Waals surface area contributed by atoms with Gasteiger partial charge in [-0.1, -0.05) is 12.2 Å². The fourth-order valence-corrected chi connectivity index (χ4v) is 2.08. The van der Waals surface area contributed by atoms with Gasteiger partial charge in [0.15, 0.2) is 0 Å². The number of allylic oxidation sites excluding steroid dienone is 2. The molecule has 0 spiro atoms. The van der Waals surface area contributed by atoms with Crippen molar-refractivity contribution in [3.05, 3.63) is 25.3 Å². The van der Waals surface area contributed by atoms with Crippen LogP contribution in [0.15, 0.2) is 25.3 Å². The van der Waals surface area contributed by atoms with E-state index in [2.05, 4.69) is 13.2 Å². The summed E-state index contributed by atoms with van der Waals surface area (Å²) in [6, 6.07) is 0. The van der Waals surface area contributed by atoms with E-state index in [9.17, 15) is 9.59 Å². The molecule has 0 amide bonds. The Kier molecular flexibility index (Phi) is 3.39. The zero-order chi connectivity index (χ0) is 10.6.